The number of hydrogen-bond donors (Lipinski definition) is 0. The summed E-state index contributed by atoms with van der Waals surface area (Å²) in [5.74, 6) is 0.682. The van der Waals surface area contributed by atoms with Gasteiger partial charge in [-0.3, -0.25) is 0 Å². The second-order valence-electron chi connectivity index (χ2n) is 15.5. The molecule has 0 spiro atoms. The maximum atomic E-state index is 5.37. The summed E-state index contributed by atoms with van der Waals surface area (Å²) in [5.41, 5.74) is 15.0. The van der Waals surface area contributed by atoms with Crippen LogP contribution in [0.2, 0.25) is 0 Å². The van der Waals surface area contributed by atoms with E-state index in [9.17, 15) is 0 Å². The number of para-hydroxylation sites is 2. The first-order valence-electron chi connectivity index (χ1n) is 20.7. The summed E-state index contributed by atoms with van der Waals surface area (Å²) >= 11 is 0. The minimum Gasteiger partial charge on any atom is -0.309 e. The molecule has 0 saturated carbocycles. The van der Waals surface area contributed by atoms with Crippen molar-refractivity contribution in [3.8, 4) is 56.4 Å². The highest BCUT2D eigenvalue weighted by Gasteiger charge is 2.24. The molecule has 0 N–H and O–H groups in total. The quantitative estimate of drug-likeness (QED) is 0.144. The molecule has 0 fully saturated rings. The van der Waals surface area contributed by atoms with E-state index < -0.39 is 0 Å². The molecule has 3 heterocycles. The maximum absolute atomic E-state index is 5.37. The molecular formula is C57H40N4. The standard InChI is InChI=1S/C57H40N4/c1-3-4-25-51-38(2)55-54(35-34-47-46-23-13-15-26-52(46)60(56(47)55)45-32-30-41(31-33-45)39-17-7-5-8-18-39)61(51)53-27-16-14-24-48(53)50-37-49(42-20-9-6-10-21-42)58-57(59-50)44-29-28-40-19-11-12-22-43(40)36-44/h3-37H,1H2,2H3/b25-4-. The zero-order valence-corrected chi connectivity index (χ0v) is 33.7. The van der Waals surface area contributed by atoms with E-state index in [1.165, 1.54) is 49.3 Å². The van der Waals surface area contributed by atoms with Gasteiger partial charge >= 0.3 is 0 Å². The first-order valence-corrected chi connectivity index (χ1v) is 20.7. The molecule has 61 heavy (non-hydrogen) atoms. The number of fused-ring (bicyclic) bond motifs is 6. The summed E-state index contributed by atoms with van der Waals surface area (Å²) in [4.78, 5) is 10.6. The average Bonchev–Trinajstić information content (AvgIpc) is 3.82. The molecule has 4 nitrogen and oxygen atoms in total. The molecule has 0 radical (unpaired) electrons. The van der Waals surface area contributed by atoms with Crippen LogP contribution in [0, 0.1) is 6.92 Å². The van der Waals surface area contributed by atoms with Gasteiger partial charge in [0.15, 0.2) is 5.82 Å². The van der Waals surface area contributed by atoms with Crippen molar-refractivity contribution >= 4 is 49.6 Å². The van der Waals surface area contributed by atoms with Gasteiger partial charge in [0.05, 0.1) is 33.6 Å². The van der Waals surface area contributed by atoms with Crippen molar-refractivity contribution < 1.29 is 0 Å². The summed E-state index contributed by atoms with van der Waals surface area (Å²) in [6.07, 6.45) is 6.06. The van der Waals surface area contributed by atoms with E-state index >= 15 is 0 Å². The lowest BCUT2D eigenvalue weighted by Crippen LogP contribution is -2.02. The number of rotatable bonds is 8. The summed E-state index contributed by atoms with van der Waals surface area (Å²) in [6, 6.07) is 68.9. The Morgan fingerprint density at radius 3 is 1.95 bits per heavy atom. The topological polar surface area (TPSA) is 35.6 Å². The van der Waals surface area contributed by atoms with Crippen molar-refractivity contribution in [3.05, 3.63) is 224 Å². The van der Waals surface area contributed by atoms with E-state index in [0.29, 0.717) is 5.82 Å². The molecule has 11 rings (SSSR count). The molecule has 8 aromatic carbocycles. The fourth-order valence-corrected chi connectivity index (χ4v) is 9.03. The highest BCUT2D eigenvalue weighted by Crippen LogP contribution is 2.43. The third-order valence-corrected chi connectivity index (χ3v) is 11.9. The van der Waals surface area contributed by atoms with Crippen LogP contribution >= 0.6 is 0 Å². The Kier molecular flexibility index (Phi) is 8.83. The lowest BCUT2D eigenvalue weighted by Gasteiger charge is -2.16. The summed E-state index contributed by atoms with van der Waals surface area (Å²) in [6.45, 7) is 6.32. The summed E-state index contributed by atoms with van der Waals surface area (Å²) in [5, 5.41) is 5.97. The fraction of sp³-hybridized carbons (Fsp3) is 0.0175. The molecule has 4 heteroatoms. The second-order valence-corrected chi connectivity index (χ2v) is 15.5. The molecule has 0 aliphatic heterocycles. The third kappa shape index (κ3) is 6.16. The highest BCUT2D eigenvalue weighted by atomic mass is 15.0. The van der Waals surface area contributed by atoms with Gasteiger partial charge in [0.1, 0.15) is 0 Å². The van der Waals surface area contributed by atoms with Crippen molar-refractivity contribution in [2.24, 2.45) is 0 Å². The Morgan fingerprint density at radius 2 is 1.15 bits per heavy atom. The molecule has 0 aliphatic rings. The van der Waals surface area contributed by atoms with Gasteiger partial charge in [-0.1, -0.05) is 170 Å². The number of aryl methyl sites for hydroxylation is 1. The molecule has 0 unspecified atom stereocenters. The number of nitrogens with zero attached hydrogens (tertiary/aromatic N) is 4. The molecule has 0 amide bonds. The first kappa shape index (κ1) is 36.0. The minimum atomic E-state index is 0.682. The van der Waals surface area contributed by atoms with Gasteiger partial charge in [0, 0.05) is 44.2 Å². The zero-order chi connectivity index (χ0) is 40.9. The highest BCUT2D eigenvalue weighted by molar-refractivity contribution is 6.20. The second kappa shape index (κ2) is 14.9. The average molecular weight is 781 g/mol. The van der Waals surface area contributed by atoms with Crippen molar-refractivity contribution in [3.63, 3.8) is 0 Å². The van der Waals surface area contributed by atoms with E-state index in [2.05, 4.69) is 217 Å². The van der Waals surface area contributed by atoms with Crippen LogP contribution in [0.25, 0.3) is 106 Å². The molecule has 3 aromatic heterocycles. The molecule has 0 saturated heterocycles. The van der Waals surface area contributed by atoms with E-state index in [4.69, 9.17) is 9.97 Å². The number of allylic oxidation sites excluding steroid dienone is 2. The smallest absolute Gasteiger partial charge is 0.160 e. The fourth-order valence-electron chi connectivity index (χ4n) is 9.03. The predicted octanol–water partition coefficient (Wildman–Crippen LogP) is 14.8. The normalized spacial score (nSPS) is 11.7. The molecular weight excluding hydrogens is 741 g/mol. The Morgan fingerprint density at radius 1 is 0.492 bits per heavy atom. The summed E-state index contributed by atoms with van der Waals surface area (Å²) in [7, 11) is 0. The Balaban J connectivity index is 1.17. The Hall–Kier alpha value is -8.08. The Bertz CT molecular complexity index is 3480. The predicted molar refractivity (Wildman–Crippen MR) is 256 cm³/mol. The lowest BCUT2D eigenvalue weighted by molar-refractivity contribution is 1.09. The largest absolute Gasteiger partial charge is 0.309 e. The molecule has 288 valence electrons. The van der Waals surface area contributed by atoms with Gasteiger partial charge in [0.25, 0.3) is 0 Å². The van der Waals surface area contributed by atoms with Crippen LogP contribution in [-0.2, 0) is 0 Å². The van der Waals surface area contributed by atoms with E-state index in [-0.39, 0.29) is 0 Å². The van der Waals surface area contributed by atoms with E-state index in [1.807, 2.05) is 18.2 Å². The van der Waals surface area contributed by atoms with Crippen LogP contribution in [0.1, 0.15) is 11.3 Å². The van der Waals surface area contributed by atoms with E-state index in [1.54, 1.807) is 0 Å². The SMILES string of the molecule is C=C/C=C\c1c(C)c2c(ccc3c4ccccc4n(-c4ccc(-c5ccccc5)cc4)c32)n1-c1ccccc1-c1cc(-c2ccccc2)nc(-c2ccc3ccccc3c2)n1. The lowest BCUT2D eigenvalue weighted by atomic mass is 10.0. The number of benzene rings is 8. The van der Waals surface area contributed by atoms with Gasteiger partial charge in [-0.2, -0.15) is 0 Å². The van der Waals surface area contributed by atoms with Crippen LogP contribution in [0.15, 0.2) is 213 Å². The number of hydrogen-bond acceptors (Lipinski definition) is 2. The third-order valence-electron chi connectivity index (χ3n) is 11.9. The van der Waals surface area contributed by atoms with Crippen LogP contribution in [-0.4, -0.2) is 19.1 Å². The zero-order valence-electron chi connectivity index (χ0n) is 33.7. The first-order chi connectivity index (χ1) is 30.1. The van der Waals surface area contributed by atoms with Crippen LogP contribution in [0.4, 0.5) is 0 Å². The van der Waals surface area contributed by atoms with E-state index in [0.717, 1.165) is 56.0 Å². The van der Waals surface area contributed by atoms with Crippen molar-refractivity contribution in [1.29, 1.82) is 0 Å². The van der Waals surface area contributed by atoms with Crippen molar-refractivity contribution in [1.82, 2.24) is 19.1 Å². The van der Waals surface area contributed by atoms with Crippen molar-refractivity contribution in [2.75, 3.05) is 0 Å². The number of aromatic nitrogens is 4. The molecule has 0 atom stereocenters. The Labute approximate surface area is 354 Å². The van der Waals surface area contributed by atoms with Gasteiger partial charge in [-0.25, -0.2) is 9.97 Å². The van der Waals surface area contributed by atoms with Crippen LogP contribution in [0.3, 0.4) is 0 Å². The summed E-state index contributed by atoms with van der Waals surface area (Å²) < 4.78 is 4.85. The molecule has 11 aromatic rings. The van der Waals surface area contributed by atoms with Crippen LogP contribution in [0.5, 0.6) is 0 Å². The monoisotopic (exact) mass is 780 g/mol. The van der Waals surface area contributed by atoms with Crippen LogP contribution < -0.4 is 0 Å². The molecule has 0 aliphatic carbocycles. The maximum Gasteiger partial charge on any atom is 0.160 e. The van der Waals surface area contributed by atoms with Gasteiger partial charge < -0.3 is 9.13 Å². The van der Waals surface area contributed by atoms with Gasteiger partial charge in [-0.05, 0) is 82.9 Å². The van der Waals surface area contributed by atoms with Gasteiger partial charge in [0.2, 0.25) is 0 Å². The molecule has 0 bridgehead atoms. The van der Waals surface area contributed by atoms with Gasteiger partial charge in [-0.15, -0.1) is 0 Å². The van der Waals surface area contributed by atoms with Crippen molar-refractivity contribution in [2.45, 2.75) is 6.92 Å². The minimum absolute atomic E-state index is 0.682.